The van der Waals surface area contributed by atoms with E-state index in [0.29, 0.717) is 15.6 Å². The van der Waals surface area contributed by atoms with Gasteiger partial charge in [-0.2, -0.15) is 0 Å². The van der Waals surface area contributed by atoms with Gasteiger partial charge in [-0.05, 0) is 53.1 Å². The van der Waals surface area contributed by atoms with Gasteiger partial charge in [-0.15, -0.1) is 0 Å². The molecule has 1 saturated heterocycles. The highest BCUT2D eigenvalue weighted by molar-refractivity contribution is 6.30. The first-order valence-electron chi connectivity index (χ1n) is 10.1. The number of piperidine rings is 1. The van der Waals surface area contributed by atoms with Crippen molar-refractivity contribution in [1.29, 1.82) is 0 Å². The van der Waals surface area contributed by atoms with Crippen LogP contribution in [0, 0.1) is 17.7 Å². The second-order valence-electron chi connectivity index (χ2n) is 8.13. The molecule has 156 valence electrons. The van der Waals surface area contributed by atoms with Crippen molar-refractivity contribution in [3.8, 4) is 0 Å². The molecule has 0 saturated carbocycles. The van der Waals surface area contributed by atoms with Crippen molar-refractivity contribution in [3.63, 3.8) is 0 Å². The number of aliphatic hydroxyl groups is 1. The van der Waals surface area contributed by atoms with E-state index in [1.54, 1.807) is 12.1 Å². The molecule has 1 fully saturated rings. The van der Waals surface area contributed by atoms with Gasteiger partial charge in [-0.3, -0.25) is 0 Å². The number of hydrogen-bond donors (Lipinski definition) is 2. The second kappa shape index (κ2) is 8.32. The Morgan fingerprint density at radius 3 is 1.53 bits per heavy atom. The molecule has 0 bridgehead atoms. The van der Waals surface area contributed by atoms with Gasteiger partial charge in [0.1, 0.15) is 5.82 Å². The van der Waals surface area contributed by atoms with Gasteiger partial charge in [0.2, 0.25) is 0 Å². The highest BCUT2D eigenvalue weighted by Crippen LogP contribution is 2.52. The Labute approximate surface area is 186 Å². The van der Waals surface area contributed by atoms with E-state index >= 15 is 0 Å². The molecule has 30 heavy (non-hydrogen) atoms. The maximum Gasteiger partial charge on any atom is 0.123 e. The Hall–Kier alpha value is -1.91. The maximum atomic E-state index is 13.6. The van der Waals surface area contributed by atoms with Crippen LogP contribution < -0.4 is 5.32 Å². The molecule has 1 heterocycles. The molecule has 0 spiro atoms. The first kappa shape index (κ1) is 21.3. The second-order valence-corrected chi connectivity index (χ2v) is 9.01. The monoisotopic (exact) mass is 443 g/mol. The largest absolute Gasteiger partial charge is 0.384 e. The number of halogens is 3. The Balaban J connectivity index is 1.83. The van der Waals surface area contributed by atoms with E-state index in [1.165, 1.54) is 12.1 Å². The first-order chi connectivity index (χ1) is 14.3. The smallest absolute Gasteiger partial charge is 0.123 e. The number of benzene rings is 3. The highest BCUT2D eigenvalue weighted by Gasteiger charge is 2.52. The quantitative estimate of drug-likeness (QED) is 0.473. The summed E-state index contributed by atoms with van der Waals surface area (Å²) in [6.07, 6.45) is 0. The number of nitrogens with one attached hydrogen (secondary N) is 1. The fourth-order valence-corrected chi connectivity index (χ4v) is 5.01. The van der Waals surface area contributed by atoms with Crippen molar-refractivity contribution < 1.29 is 9.50 Å². The minimum atomic E-state index is -1.17. The standard InChI is InChI=1S/C25H24Cl2FNO/c1-15-23(17-3-9-20(26)10-4-17)29-24(18-5-11-21(27)12-6-18)16(2)25(15,30)19-7-13-22(28)14-8-19/h3-16,23-24,29-30H,1-2H3/t15-,16-,23-,24+,25?/m1/s1. The Bertz CT molecular complexity index is 947. The molecule has 0 amide bonds. The van der Waals surface area contributed by atoms with Crippen LogP contribution >= 0.6 is 23.2 Å². The van der Waals surface area contributed by atoms with Gasteiger partial charge in [0.15, 0.2) is 0 Å². The first-order valence-corrected chi connectivity index (χ1v) is 10.8. The SMILES string of the molecule is C[C@@H]1[C@@H](c2ccc(Cl)cc2)N[C@@H](c2ccc(Cl)cc2)[C@@H](C)C1(O)c1ccc(F)cc1. The van der Waals surface area contributed by atoms with Gasteiger partial charge in [0.05, 0.1) is 5.60 Å². The van der Waals surface area contributed by atoms with Crippen LogP contribution in [0.25, 0.3) is 0 Å². The van der Waals surface area contributed by atoms with Gasteiger partial charge in [0, 0.05) is 34.0 Å². The van der Waals surface area contributed by atoms with Crippen LogP contribution in [-0.2, 0) is 5.60 Å². The summed E-state index contributed by atoms with van der Waals surface area (Å²) in [6.45, 7) is 4.06. The molecule has 1 unspecified atom stereocenters. The van der Waals surface area contributed by atoms with Gasteiger partial charge in [-0.1, -0.05) is 73.4 Å². The summed E-state index contributed by atoms with van der Waals surface area (Å²) in [5.41, 5.74) is 1.62. The van der Waals surface area contributed by atoms with Crippen molar-refractivity contribution in [3.05, 3.63) is 105 Å². The normalized spacial score (nSPS) is 29.0. The van der Waals surface area contributed by atoms with Gasteiger partial charge in [-0.25, -0.2) is 4.39 Å². The van der Waals surface area contributed by atoms with Crippen LogP contribution in [0.3, 0.4) is 0 Å². The molecule has 1 aliphatic heterocycles. The third-order valence-electron chi connectivity index (χ3n) is 6.51. The van der Waals surface area contributed by atoms with Crippen LogP contribution in [0.5, 0.6) is 0 Å². The highest BCUT2D eigenvalue weighted by atomic mass is 35.5. The average Bonchev–Trinajstić information content (AvgIpc) is 2.74. The minimum Gasteiger partial charge on any atom is -0.384 e. The molecule has 3 aromatic carbocycles. The van der Waals surface area contributed by atoms with Crippen LogP contribution in [-0.4, -0.2) is 5.11 Å². The van der Waals surface area contributed by atoms with Crippen LogP contribution in [0.15, 0.2) is 72.8 Å². The van der Waals surface area contributed by atoms with Crippen molar-refractivity contribution in [2.24, 2.45) is 11.8 Å². The topological polar surface area (TPSA) is 32.3 Å². The van der Waals surface area contributed by atoms with Gasteiger partial charge < -0.3 is 10.4 Å². The predicted octanol–water partition coefficient (Wildman–Crippen LogP) is 6.68. The van der Waals surface area contributed by atoms with Crippen molar-refractivity contribution in [2.45, 2.75) is 31.5 Å². The van der Waals surface area contributed by atoms with Crippen molar-refractivity contribution in [2.75, 3.05) is 0 Å². The van der Waals surface area contributed by atoms with Crippen LogP contribution in [0.4, 0.5) is 4.39 Å². The molecule has 5 atom stereocenters. The van der Waals surface area contributed by atoms with Gasteiger partial charge >= 0.3 is 0 Å². The predicted molar refractivity (Wildman–Crippen MR) is 120 cm³/mol. The Morgan fingerprint density at radius 1 is 0.733 bits per heavy atom. The summed E-state index contributed by atoms with van der Waals surface area (Å²) in [4.78, 5) is 0. The lowest BCUT2D eigenvalue weighted by Crippen LogP contribution is -2.55. The Morgan fingerprint density at radius 2 is 1.13 bits per heavy atom. The minimum absolute atomic E-state index is 0.130. The zero-order chi connectivity index (χ0) is 21.5. The van der Waals surface area contributed by atoms with E-state index in [9.17, 15) is 9.50 Å². The molecule has 2 nitrogen and oxygen atoms in total. The van der Waals surface area contributed by atoms with E-state index in [-0.39, 0.29) is 29.7 Å². The molecule has 3 aromatic rings. The number of rotatable bonds is 3. The van der Waals surface area contributed by atoms with Gasteiger partial charge in [0.25, 0.3) is 0 Å². The fraction of sp³-hybridized carbons (Fsp3) is 0.280. The zero-order valence-corrected chi connectivity index (χ0v) is 18.3. The third kappa shape index (κ3) is 3.76. The lowest BCUT2D eigenvalue weighted by molar-refractivity contribution is -0.118. The Kier molecular flexibility index (Phi) is 5.91. The lowest BCUT2D eigenvalue weighted by Gasteiger charge is -2.52. The van der Waals surface area contributed by atoms with E-state index in [2.05, 4.69) is 5.32 Å². The summed E-state index contributed by atoms with van der Waals surface area (Å²) in [7, 11) is 0. The summed E-state index contributed by atoms with van der Waals surface area (Å²) in [5.74, 6) is -0.675. The lowest BCUT2D eigenvalue weighted by atomic mass is 9.63. The van der Waals surface area contributed by atoms with Crippen molar-refractivity contribution >= 4 is 23.2 Å². The molecule has 0 aromatic heterocycles. The molecule has 1 aliphatic rings. The van der Waals surface area contributed by atoms with E-state index < -0.39 is 5.60 Å². The molecule has 0 radical (unpaired) electrons. The molecular formula is C25H24Cl2FNO. The van der Waals surface area contributed by atoms with E-state index in [4.69, 9.17) is 23.2 Å². The molecule has 0 aliphatic carbocycles. The van der Waals surface area contributed by atoms with E-state index in [1.807, 2.05) is 62.4 Å². The summed E-state index contributed by atoms with van der Waals surface area (Å²) in [5, 5.41) is 17.2. The molecular weight excluding hydrogens is 420 g/mol. The molecule has 5 heteroatoms. The molecule has 4 rings (SSSR count). The molecule has 2 N–H and O–H groups in total. The number of hydrogen-bond acceptors (Lipinski definition) is 2. The zero-order valence-electron chi connectivity index (χ0n) is 16.8. The van der Waals surface area contributed by atoms with Crippen LogP contribution in [0.1, 0.15) is 42.6 Å². The van der Waals surface area contributed by atoms with Crippen molar-refractivity contribution in [1.82, 2.24) is 5.32 Å². The van der Waals surface area contributed by atoms with E-state index in [0.717, 1.165) is 11.1 Å². The fourth-order valence-electron chi connectivity index (χ4n) is 4.76. The summed E-state index contributed by atoms with van der Waals surface area (Å²) < 4.78 is 13.6. The van der Waals surface area contributed by atoms with Crippen LogP contribution in [0.2, 0.25) is 10.0 Å². The third-order valence-corrected chi connectivity index (χ3v) is 7.02. The summed E-state index contributed by atoms with van der Waals surface area (Å²) in [6, 6.07) is 21.3. The maximum absolute atomic E-state index is 13.6. The average molecular weight is 444 g/mol. The summed E-state index contributed by atoms with van der Waals surface area (Å²) >= 11 is 12.2.